The van der Waals surface area contributed by atoms with Crippen LogP contribution in [0.4, 0.5) is 11.4 Å². The molecule has 3 aromatic rings. The fourth-order valence-electron chi connectivity index (χ4n) is 3.26. The van der Waals surface area contributed by atoms with E-state index in [-0.39, 0.29) is 0 Å². The van der Waals surface area contributed by atoms with Crippen molar-refractivity contribution in [3.8, 4) is 21.8 Å². The van der Waals surface area contributed by atoms with Crippen LogP contribution in [0.25, 0.3) is 21.8 Å². The van der Waals surface area contributed by atoms with Crippen LogP contribution in [0, 0.1) is 0 Å². The number of nitrogens with zero attached hydrogens (tertiary/aromatic N) is 2. The van der Waals surface area contributed by atoms with Crippen LogP contribution in [0.2, 0.25) is 5.02 Å². The molecule has 0 amide bonds. The predicted molar refractivity (Wildman–Crippen MR) is 108 cm³/mol. The lowest BCUT2D eigenvalue weighted by molar-refractivity contribution is 0.578. The molecule has 1 aromatic heterocycles. The maximum absolute atomic E-state index is 6.32. The largest absolute Gasteiger partial charge is 0.399 e. The number of nitrogen functional groups attached to an aromatic ring is 1. The molecule has 1 aliphatic rings. The summed E-state index contributed by atoms with van der Waals surface area (Å²) in [6.45, 7) is 2.29. The van der Waals surface area contributed by atoms with E-state index in [9.17, 15) is 0 Å². The van der Waals surface area contributed by atoms with Gasteiger partial charge in [-0.1, -0.05) is 23.7 Å². The van der Waals surface area contributed by atoms with Gasteiger partial charge in [-0.2, -0.15) is 0 Å². The molecule has 4 rings (SSSR count). The quantitative estimate of drug-likeness (QED) is 0.602. The molecule has 1 saturated heterocycles. The van der Waals surface area contributed by atoms with Crippen molar-refractivity contribution in [2.45, 2.75) is 19.3 Å². The van der Waals surface area contributed by atoms with E-state index in [1.165, 1.54) is 24.9 Å². The number of benzene rings is 2. The topological polar surface area (TPSA) is 42.1 Å². The zero-order valence-corrected chi connectivity index (χ0v) is 15.5. The minimum absolute atomic E-state index is 0.638. The third kappa shape index (κ3) is 3.51. The Kier molecular flexibility index (Phi) is 4.64. The number of thiazole rings is 1. The molecule has 128 valence electrons. The number of aromatic nitrogens is 1. The Balaban J connectivity index is 1.63. The number of hydrogen-bond acceptors (Lipinski definition) is 4. The number of piperidine rings is 1. The van der Waals surface area contributed by atoms with Gasteiger partial charge in [0.2, 0.25) is 0 Å². The fraction of sp³-hybridized carbons (Fsp3) is 0.250. The Morgan fingerprint density at radius 3 is 2.68 bits per heavy atom. The molecule has 2 aromatic carbocycles. The van der Waals surface area contributed by atoms with Gasteiger partial charge in [-0.15, -0.1) is 11.3 Å². The zero-order valence-electron chi connectivity index (χ0n) is 13.9. The third-order valence-electron chi connectivity index (χ3n) is 4.59. The third-order valence-corrected chi connectivity index (χ3v) is 5.79. The van der Waals surface area contributed by atoms with Crippen molar-refractivity contribution in [1.82, 2.24) is 4.98 Å². The second-order valence-electron chi connectivity index (χ2n) is 6.38. The summed E-state index contributed by atoms with van der Waals surface area (Å²) in [5, 5.41) is 3.71. The summed E-state index contributed by atoms with van der Waals surface area (Å²) in [5.74, 6) is 0. The SMILES string of the molecule is Nc1ccc(-c2csc(-c3cccc(N4CCCCC4)c3)n2)c(Cl)c1. The average Bonchev–Trinajstić information content (AvgIpc) is 3.12. The van der Waals surface area contributed by atoms with Crippen LogP contribution in [-0.2, 0) is 0 Å². The summed E-state index contributed by atoms with van der Waals surface area (Å²) in [4.78, 5) is 7.27. The maximum Gasteiger partial charge on any atom is 0.124 e. The molecule has 2 N–H and O–H groups in total. The molecular formula is C20H20ClN3S. The first-order chi connectivity index (χ1) is 12.2. The Morgan fingerprint density at radius 1 is 1.04 bits per heavy atom. The second-order valence-corrected chi connectivity index (χ2v) is 7.64. The molecule has 0 radical (unpaired) electrons. The highest BCUT2D eigenvalue weighted by atomic mass is 35.5. The van der Waals surface area contributed by atoms with Gasteiger partial charge >= 0.3 is 0 Å². The number of anilines is 2. The van der Waals surface area contributed by atoms with E-state index in [2.05, 4.69) is 34.5 Å². The van der Waals surface area contributed by atoms with Gasteiger partial charge in [-0.25, -0.2) is 4.98 Å². The molecular weight excluding hydrogens is 350 g/mol. The Bertz CT molecular complexity index is 884. The van der Waals surface area contributed by atoms with Gasteiger partial charge in [0.25, 0.3) is 0 Å². The molecule has 0 spiro atoms. The number of nitrogens with two attached hydrogens (primary N) is 1. The molecule has 25 heavy (non-hydrogen) atoms. The average molecular weight is 370 g/mol. The summed E-state index contributed by atoms with van der Waals surface area (Å²) in [7, 11) is 0. The minimum Gasteiger partial charge on any atom is -0.399 e. The Labute approximate surface area is 157 Å². The van der Waals surface area contributed by atoms with Gasteiger partial charge in [0.15, 0.2) is 0 Å². The summed E-state index contributed by atoms with van der Waals surface area (Å²) in [5.41, 5.74) is 10.7. The van der Waals surface area contributed by atoms with Crippen LogP contribution in [0.15, 0.2) is 47.8 Å². The monoisotopic (exact) mass is 369 g/mol. The van der Waals surface area contributed by atoms with Crippen LogP contribution in [0.5, 0.6) is 0 Å². The normalized spacial score (nSPS) is 14.7. The van der Waals surface area contributed by atoms with Gasteiger partial charge in [-0.3, -0.25) is 0 Å². The van der Waals surface area contributed by atoms with Gasteiger partial charge in [0.05, 0.1) is 10.7 Å². The molecule has 1 fully saturated rings. The smallest absolute Gasteiger partial charge is 0.124 e. The van der Waals surface area contributed by atoms with Crippen molar-refractivity contribution in [2.24, 2.45) is 0 Å². The summed E-state index contributed by atoms with van der Waals surface area (Å²) < 4.78 is 0. The molecule has 0 aliphatic carbocycles. The lowest BCUT2D eigenvalue weighted by atomic mass is 10.1. The van der Waals surface area contributed by atoms with Crippen molar-refractivity contribution in [1.29, 1.82) is 0 Å². The molecule has 0 unspecified atom stereocenters. The molecule has 2 heterocycles. The van der Waals surface area contributed by atoms with E-state index in [0.717, 1.165) is 34.9 Å². The van der Waals surface area contributed by atoms with Crippen molar-refractivity contribution in [3.05, 3.63) is 52.9 Å². The van der Waals surface area contributed by atoms with E-state index in [1.807, 2.05) is 12.1 Å². The van der Waals surface area contributed by atoms with E-state index in [1.54, 1.807) is 17.4 Å². The highest BCUT2D eigenvalue weighted by molar-refractivity contribution is 7.13. The maximum atomic E-state index is 6.32. The van der Waals surface area contributed by atoms with E-state index in [4.69, 9.17) is 22.3 Å². The molecule has 0 bridgehead atoms. The predicted octanol–water partition coefficient (Wildman–Crippen LogP) is 5.70. The Morgan fingerprint density at radius 2 is 1.88 bits per heavy atom. The summed E-state index contributed by atoms with van der Waals surface area (Å²) in [6.07, 6.45) is 3.90. The molecule has 3 nitrogen and oxygen atoms in total. The minimum atomic E-state index is 0.638. The molecule has 1 aliphatic heterocycles. The van der Waals surface area contributed by atoms with E-state index >= 15 is 0 Å². The number of halogens is 1. The van der Waals surface area contributed by atoms with Crippen LogP contribution >= 0.6 is 22.9 Å². The van der Waals surface area contributed by atoms with E-state index < -0.39 is 0 Å². The molecule has 0 atom stereocenters. The van der Waals surface area contributed by atoms with Crippen molar-refractivity contribution in [2.75, 3.05) is 23.7 Å². The zero-order chi connectivity index (χ0) is 17.2. The number of rotatable bonds is 3. The summed E-state index contributed by atoms with van der Waals surface area (Å²) in [6, 6.07) is 14.3. The number of hydrogen-bond donors (Lipinski definition) is 1. The lowest BCUT2D eigenvalue weighted by Crippen LogP contribution is -2.29. The van der Waals surface area contributed by atoms with Crippen LogP contribution in [-0.4, -0.2) is 18.1 Å². The second kappa shape index (κ2) is 7.06. The van der Waals surface area contributed by atoms with Gasteiger partial charge in [-0.05, 0) is 49.6 Å². The molecule has 5 heteroatoms. The van der Waals surface area contributed by atoms with Crippen molar-refractivity contribution < 1.29 is 0 Å². The van der Waals surface area contributed by atoms with Crippen LogP contribution in [0.1, 0.15) is 19.3 Å². The highest BCUT2D eigenvalue weighted by Crippen LogP contribution is 2.34. The fourth-order valence-corrected chi connectivity index (χ4v) is 4.36. The van der Waals surface area contributed by atoms with E-state index in [0.29, 0.717) is 10.7 Å². The summed E-state index contributed by atoms with van der Waals surface area (Å²) >= 11 is 7.97. The van der Waals surface area contributed by atoms with Gasteiger partial charge in [0, 0.05) is 41.0 Å². The first kappa shape index (κ1) is 16.4. The first-order valence-electron chi connectivity index (χ1n) is 8.57. The standard InChI is InChI=1S/C20H20ClN3S/c21-18-12-15(22)7-8-17(18)19-13-25-20(23-19)14-5-4-6-16(11-14)24-9-2-1-3-10-24/h4-8,11-13H,1-3,9-10,22H2. The highest BCUT2D eigenvalue weighted by Gasteiger charge is 2.13. The van der Waals surface area contributed by atoms with Crippen molar-refractivity contribution in [3.63, 3.8) is 0 Å². The van der Waals surface area contributed by atoms with Gasteiger partial charge in [0.1, 0.15) is 5.01 Å². The van der Waals surface area contributed by atoms with Crippen molar-refractivity contribution >= 4 is 34.3 Å². The van der Waals surface area contributed by atoms with Crippen LogP contribution < -0.4 is 10.6 Å². The van der Waals surface area contributed by atoms with Gasteiger partial charge < -0.3 is 10.6 Å². The molecule has 0 saturated carbocycles. The lowest BCUT2D eigenvalue weighted by Gasteiger charge is -2.29. The Hall–Kier alpha value is -2.04. The first-order valence-corrected chi connectivity index (χ1v) is 9.83. The van der Waals surface area contributed by atoms with Crippen LogP contribution in [0.3, 0.4) is 0 Å².